The van der Waals surface area contributed by atoms with Crippen LogP contribution < -0.4 is 10.9 Å². The van der Waals surface area contributed by atoms with Crippen molar-refractivity contribution in [3.05, 3.63) is 74.6 Å². The normalized spacial score (nSPS) is 10.8. The number of hydrogen-bond donors (Lipinski definition) is 1. The quantitative estimate of drug-likeness (QED) is 0.682. The molecule has 0 saturated heterocycles. The molecule has 0 atom stereocenters. The van der Waals surface area contributed by atoms with Crippen molar-refractivity contribution >= 4 is 34.2 Å². The van der Waals surface area contributed by atoms with Gasteiger partial charge in [0.25, 0.3) is 5.91 Å². The van der Waals surface area contributed by atoms with E-state index in [1.165, 1.54) is 6.07 Å². The van der Waals surface area contributed by atoms with Crippen LogP contribution in [0.2, 0.25) is 5.02 Å². The number of fused-ring (bicyclic) bond motifs is 1. The summed E-state index contributed by atoms with van der Waals surface area (Å²) < 4.78 is 5.25. The highest BCUT2D eigenvalue weighted by molar-refractivity contribution is 6.34. The highest BCUT2D eigenvalue weighted by atomic mass is 35.5. The molecule has 1 N–H and O–H groups in total. The van der Waals surface area contributed by atoms with Crippen molar-refractivity contribution in [1.29, 1.82) is 0 Å². The molecule has 0 radical (unpaired) electrons. The van der Waals surface area contributed by atoms with E-state index in [4.69, 9.17) is 16.0 Å². The lowest BCUT2D eigenvalue weighted by Crippen LogP contribution is -2.22. The van der Waals surface area contributed by atoms with Gasteiger partial charge in [0, 0.05) is 11.1 Å². The summed E-state index contributed by atoms with van der Waals surface area (Å²) in [6.45, 7) is 4.05. The van der Waals surface area contributed by atoms with Gasteiger partial charge in [-0.25, -0.2) is 4.79 Å². The third kappa shape index (κ3) is 3.30. The maximum Gasteiger partial charge on any atom is 0.349 e. The second-order valence-corrected chi connectivity index (χ2v) is 6.13. The Hall–Kier alpha value is -2.59. The average molecular weight is 356 g/mol. The first-order valence-electron chi connectivity index (χ1n) is 8.19. The molecule has 4 nitrogen and oxygen atoms in total. The van der Waals surface area contributed by atoms with Crippen molar-refractivity contribution in [2.24, 2.45) is 0 Å². The van der Waals surface area contributed by atoms with Crippen molar-refractivity contribution in [2.45, 2.75) is 26.7 Å². The van der Waals surface area contributed by atoms with Crippen LogP contribution in [0, 0.1) is 0 Å². The average Bonchev–Trinajstić information content (AvgIpc) is 2.62. The van der Waals surface area contributed by atoms with Crippen LogP contribution >= 0.6 is 11.6 Å². The van der Waals surface area contributed by atoms with Gasteiger partial charge in [0.05, 0.1) is 5.02 Å². The minimum Gasteiger partial charge on any atom is -0.421 e. The lowest BCUT2D eigenvalue weighted by Gasteiger charge is -2.14. The molecule has 3 aromatic rings. The molecule has 3 rings (SSSR count). The fourth-order valence-corrected chi connectivity index (χ4v) is 3.07. The lowest BCUT2D eigenvalue weighted by molar-refractivity contribution is 0.102. The van der Waals surface area contributed by atoms with Crippen molar-refractivity contribution in [2.75, 3.05) is 5.32 Å². The van der Waals surface area contributed by atoms with E-state index >= 15 is 0 Å². The van der Waals surface area contributed by atoms with Gasteiger partial charge in [-0.15, -0.1) is 0 Å². The van der Waals surface area contributed by atoms with Gasteiger partial charge in [-0.05, 0) is 36.1 Å². The number of hydrogen-bond acceptors (Lipinski definition) is 3. The molecule has 1 amide bonds. The molecule has 0 aliphatic rings. The van der Waals surface area contributed by atoms with Crippen LogP contribution in [0.4, 0.5) is 5.69 Å². The Morgan fingerprint density at radius 1 is 1.08 bits per heavy atom. The van der Waals surface area contributed by atoms with Crippen molar-refractivity contribution < 1.29 is 9.21 Å². The number of carbonyl (C=O) groups excluding carboxylic acids is 1. The molecule has 0 spiro atoms. The number of para-hydroxylation sites is 2. The second-order valence-electron chi connectivity index (χ2n) is 5.72. The zero-order valence-corrected chi connectivity index (χ0v) is 14.8. The van der Waals surface area contributed by atoms with Crippen LogP contribution in [0.15, 0.2) is 51.7 Å². The van der Waals surface area contributed by atoms with Gasteiger partial charge >= 0.3 is 5.63 Å². The first-order valence-corrected chi connectivity index (χ1v) is 8.57. The SMILES string of the molecule is CCc1cccc(CC)c1NC(=O)c1cc2cccc(Cl)c2oc1=O. The molecule has 0 saturated carbocycles. The Morgan fingerprint density at radius 3 is 2.36 bits per heavy atom. The van der Waals surface area contributed by atoms with Gasteiger partial charge in [-0.2, -0.15) is 0 Å². The van der Waals surface area contributed by atoms with Crippen LogP contribution in [0.1, 0.15) is 35.3 Å². The molecule has 1 heterocycles. The van der Waals surface area contributed by atoms with Crippen molar-refractivity contribution in [3.8, 4) is 0 Å². The molecule has 0 fully saturated rings. The van der Waals surface area contributed by atoms with E-state index in [-0.39, 0.29) is 11.1 Å². The summed E-state index contributed by atoms with van der Waals surface area (Å²) in [5, 5.41) is 3.83. The molecule has 0 unspecified atom stereocenters. The molecular formula is C20H18ClNO3. The van der Waals surface area contributed by atoms with Gasteiger partial charge in [0.2, 0.25) is 0 Å². The van der Waals surface area contributed by atoms with Gasteiger partial charge in [0.15, 0.2) is 5.58 Å². The van der Waals surface area contributed by atoms with E-state index < -0.39 is 11.5 Å². The number of amides is 1. The van der Waals surface area contributed by atoms with Crippen LogP contribution in [-0.2, 0) is 12.8 Å². The van der Waals surface area contributed by atoms with Gasteiger partial charge in [-0.3, -0.25) is 4.79 Å². The summed E-state index contributed by atoms with van der Waals surface area (Å²) in [6.07, 6.45) is 1.57. The summed E-state index contributed by atoms with van der Waals surface area (Å²) in [5.41, 5.74) is 2.37. The maximum atomic E-state index is 12.7. The van der Waals surface area contributed by atoms with Crippen molar-refractivity contribution in [1.82, 2.24) is 0 Å². The van der Waals surface area contributed by atoms with E-state index in [2.05, 4.69) is 5.32 Å². The predicted octanol–water partition coefficient (Wildman–Crippen LogP) is 4.82. The standard InChI is InChI=1S/C20H18ClNO3/c1-3-12-7-5-8-13(4-2)17(12)22-19(23)15-11-14-9-6-10-16(21)18(14)25-20(15)24/h5-11H,3-4H2,1-2H3,(H,22,23). The Morgan fingerprint density at radius 2 is 1.72 bits per heavy atom. The first kappa shape index (κ1) is 17.2. The number of nitrogens with one attached hydrogen (secondary N) is 1. The van der Waals surface area contributed by atoms with Crippen LogP contribution in [-0.4, -0.2) is 5.91 Å². The van der Waals surface area contributed by atoms with Gasteiger partial charge in [-0.1, -0.05) is 55.8 Å². The molecule has 0 aliphatic carbocycles. The number of anilines is 1. The fraction of sp³-hybridized carbons (Fsp3) is 0.200. The molecular weight excluding hydrogens is 338 g/mol. The van der Waals surface area contributed by atoms with Crippen LogP contribution in [0.25, 0.3) is 11.0 Å². The van der Waals surface area contributed by atoms with E-state index in [0.29, 0.717) is 10.4 Å². The van der Waals surface area contributed by atoms with Crippen LogP contribution in [0.5, 0.6) is 0 Å². The minimum atomic E-state index is -0.704. The molecule has 25 heavy (non-hydrogen) atoms. The molecule has 1 aromatic heterocycles. The largest absolute Gasteiger partial charge is 0.421 e. The first-order chi connectivity index (χ1) is 12.0. The molecule has 0 bridgehead atoms. The predicted molar refractivity (Wildman–Crippen MR) is 101 cm³/mol. The number of rotatable bonds is 4. The highest BCUT2D eigenvalue weighted by Gasteiger charge is 2.17. The minimum absolute atomic E-state index is 0.0391. The summed E-state index contributed by atoms with van der Waals surface area (Å²) in [4.78, 5) is 24.9. The Labute approximate surface area is 150 Å². The lowest BCUT2D eigenvalue weighted by atomic mass is 10.0. The van der Waals surface area contributed by atoms with Crippen molar-refractivity contribution in [3.63, 3.8) is 0 Å². The fourth-order valence-electron chi connectivity index (χ4n) is 2.85. The smallest absolute Gasteiger partial charge is 0.349 e. The van der Waals surface area contributed by atoms with Gasteiger partial charge < -0.3 is 9.73 Å². The Balaban J connectivity index is 2.04. The Kier molecular flexibility index (Phi) is 4.91. The molecule has 2 aromatic carbocycles. The summed E-state index contributed by atoms with van der Waals surface area (Å²) in [6, 6.07) is 12.6. The number of carbonyl (C=O) groups is 1. The molecule has 0 aliphatic heterocycles. The monoisotopic (exact) mass is 355 g/mol. The molecule has 5 heteroatoms. The van der Waals surface area contributed by atoms with E-state index in [0.717, 1.165) is 29.7 Å². The highest BCUT2D eigenvalue weighted by Crippen LogP contribution is 2.25. The topological polar surface area (TPSA) is 59.3 Å². The number of halogens is 1. The second kappa shape index (κ2) is 7.11. The maximum absolute atomic E-state index is 12.7. The van der Waals surface area contributed by atoms with Gasteiger partial charge in [0.1, 0.15) is 5.56 Å². The summed E-state index contributed by atoms with van der Waals surface area (Å²) in [7, 11) is 0. The van der Waals surface area contributed by atoms with E-state index in [1.54, 1.807) is 18.2 Å². The summed E-state index contributed by atoms with van der Waals surface area (Å²) in [5.74, 6) is -0.480. The van der Waals surface area contributed by atoms with Crippen LogP contribution in [0.3, 0.4) is 0 Å². The van der Waals surface area contributed by atoms with E-state index in [9.17, 15) is 9.59 Å². The number of aryl methyl sites for hydroxylation is 2. The summed E-state index contributed by atoms with van der Waals surface area (Å²) >= 11 is 6.04. The number of benzene rings is 2. The zero-order chi connectivity index (χ0) is 18.0. The third-order valence-electron chi connectivity index (χ3n) is 4.19. The van der Waals surface area contributed by atoms with E-state index in [1.807, 2.05) is 32.0 Å². The zero-order valence-electron chi connectivity index (χ0n) is 14.1. The molecule has 128 valence electrons. The Bertz CT molecular complexity index is 985. The third-order valence-corrected chi connectivity index (χ3v) is 4.49.